The van der Waals surface area contributed by atoms with Crippen LogP contribution in [-0.4, -0.2) is 77.2 Å². The average Bonchev–Trinajstić information content (AvgIpc) is 3.21. The Bertz CT molecular complexity index is 1830. The number of carbonyl (C=O) groups is 1. The Morgan fingerprint density at radius 2 is 1.82 bits per heavy atom. The van der Waals surface area contributed by atoms with Gasteiger partial charge < -0.3 is 38.9 Å². The van der Waals surface area contributed by atoms with Crippen molar-refractivity contribution in [2.75, 3.05) is 33.5 Å². The highest BCUT2D eigenvalue weighted by atomic mass is 16.7. The predicted molar refractivity (Wildman–Crippen MR) is 214 cm³/mol. The number of pyridine rings is 1. The van der Waals surface area contributed by atoms with Crippen LogP contribution in [0.25, 0.3) is 0 Å². The predicted octanol–water partition coefficient (Wildman–Crippen LogP) is 7.89. The van der Waals surface area contributed by atoms with Gasteiger partial charge in [0.05, 0.1) is 30.5 Å². The zero-order chi connectivity index (χ0) is 39.5. The molecule has 6 rings (SSSR count). The number of likely N-dealkylation sites (N-methyl/N-ethyl adjacent to an activating group) is 1. The number of ether oxygens (including phenoxy) is 4. The van der Waals surface area contributed by atoms with E-state index in [0.29, 0.717) is 30.9 Å². The lowest BCUT2D eigenvalue weighted by atomic mass is 9.55. The van der Waals surface area contributed by atoms with Gasteiger partial charge >= 0.3 is 6.09 Å². The molecule has 1 amide bonds. The van der Waals surface area contributed by atoms with E-state index in [1.807, 2.05) is 67.6 Å². The van der Waals surface area contributed by atoms with Crippen molar-refractivity contribution in [3.8, 4) is 11.5 Å². The molecule has 2 aliphatic carbocycles. The summed E-state index contributed by atoms with van der Waals surface area (Å²) in [6, 6.07) is 21.1. The van der Waals surface area contributed by atoms with Crippen LogP contribution < -0.4 is 9.47 Å². The number of oxime groups is 1. The zero-order valence-electron chi connectivity index (χ0n) is 33.0. The van der Waals surface area contributed by atoms with Crippen LogP contribution >= 0.6 is 0 Å². The lowest BCUT2D eigenvalue weighted by Crippen LogP contribution is -2.69. The summed E-state index contributed by atoms with van der Waals surface area (Å²) in [7, 11) is 1.72. The molecule has 1 fully saturated rings. The molecule has 0 saturated heterocycles. The number of rotatable bonds is 19. The van der Waals surface area contributed by atoms with E-state index in [-0.39, 0.29) is 57.2 Å². The second-order valence-corrected chi connectivity index (χ2v) is 14.9. The molecule has 2 N–H and O–H groups in total. The van der Waals surface area contributed by atoms with Crippen molar-refractivity contribution < 1.29 is 38.8 Å². The van der Waals surface area contributed by atoms with Crippen LogP contribution in [0.15, 0.2) is 96.2 Å². The van der Waals surface area contributed by atoms with Gasteiger partial charge in [0.25, 0.3) is 0 Å². The van der Waals surface area contributed by atoms with Gasteiger partial charge in [-0.05, 0) is 92.8 Å². The van der Waals surface area contributed by atoms with Crippen LogP contribution in [0, 0.1) is 24.7 Å². The Morgan fingerprint density at radius 3 is 2.55 bits per heavy atom. The molecular weight excluding hydrogens is 711 g/mol. The van der Waals surface area contributed by atoms with Crippen molar-refractivity contribution in [3.63, 3.8) is 0 Å². The molecule has 2 aromatic carbocycles. The molecule has 300 valence electrons. The maximum absolute atomic E-state index is 13.6. The number of aliphatic hydroxyl groups is 2. The second-order valence-electron chi connectivity index (χ2n) is 14.9. The first-order valence-corrected chi connectivity index (χ1v) is 20.0. The molecule has 3 aromatic rings. The van der Waals surface area contributed by atoms with Crippen LogP contribution in [0.4, 0.5) is 4.79 Å². The number of aromatic nitrogens is 1. The van der Waals surface area contributed by atoms with Crippen LogP contribution in [0.5, 0.6) is 11.5 Å². The number of benzene rings is 2. The van der Waals surface area contributed by atoms with Crippen molar-refractivity contribution in [2.45, 2.75) is 89.8 Å². The Kier molecular flexibility index (Phi) is 14.2. The van der Waals surface area contributed by atoms with Crippen LogP contribution in [-0.2, 0) is 27.5 Å². The number of unbranched alkanes of at least 4 members (excludes halogenated alkanes) is 2. The normalized spacial score (nSPS) is 24.3. The highest BCUT2D eigenvalue weighted by molar-refractivity contribution is 6.02. The molecule has 11 heteroatoms. The molecule has 0 bridgehead atoms. The molecule has 6 atom stereocenters. The fraction of sp³-hybridized carbons (Fsp3) is 0.489. The SMILES string of the molecule is C=CCOC12Oc3ccc(OCc4cccc(C)n4)cc3C3C(CCCCO)C(CCCCO)C=C(C(=NOCc4ccccc4)CC1N(C)C(=O)OCC)C32. The first kappa shape index (κ1) is 40.9. The van der Waals surface area contributed by atoms with Gasteiger partial charge in [0.2, 0.25) is 5.79 Å². The van der Waals surface area contributed by atoms with E-state index in [4.69, 9.17) is 28.9 Å². The highest BCUT2D eigenvalue weighted by Gasteiger charge is 2.65. The van der Waals surface area contributed by atoms with Crippen LogP contribution in [0.1, 0.15) is 80.3 Å². The van der Waals surface area contributed by atoms with Crippen molar-refractivity contribution in [3.05, 3.63) is 114 Å². The smallest absolute Gasteiger partial charge is 0.409 e. The Balaban J connectivity index is 1.52. The Morgan fingerprint density at radius 1 is 1.04 bits per heavy atom. The first-order valence-electron chi connectivity index (χ1n) is 20.0. The minimum Gasteiger partial charge on any atom is -0.487 e. The second kappa shape index (κ2) is 19.4. The number of nitrogens with zero attached hydrogens (tertiary/aromatic N) is 3. The summed E-state index contributed by atoms with van der Waals surface area (Å²) >= 11 is 0. The maximum Gasteiger partial charge on any atom is 0.409 e. The van der Waals surface area contributed by atoms with Crippen LogP contribution in [0.3, 0.4) is 0 Å². The summed E-state index contributed by atoms with van der Waals surface area (Å²) < 4.78 is 26.1. The molecule has 6 unspecified atom stereocenters. The first-order chi connectivity index (χ1) is 27.3. The summed E-state index contributed by atoms with van der Waals surface area (Å²) in [4.78, 5) is 26.0. The van der Waals surface area contributed by atoms with E-state index in [0.717, 1.165) is 59.5 Å². The summed E-state index contributed by atoms with van der Waals surface area (Å²) in [5.41, 5.74) is 5.41. The molecule has 1 aromatic heterocycles. The third kappa shape index (κ3) is 9.12. The number of allylic oxidation sites excluding steroid dienone is 1. The Labute approximate surface area is 331 Å². The number of hydrogen-bond donors (Lipinski definition) is 2. The number of aryl methyl sites for hydroxylation is 1. The standard InChI is InChI=1S/C45H57N3O8/c1-5-25-54-45-41(48(4)44(51)52-6-2)28-39(47-55-29-32-16-8-7-9-17-32)37-26-33(18-10-12-23-49)36(20-11-13-24-50)42(43(37)45)38-27-35(21-22-40(38)56-45)53-30-34-19-14-15-31(3)46-34/h5,7-9,14-17,19,21-22,26-27,33,36,41-43,49-50H,1,6,10-13,18,20,23-25,28-30H2,2-4H3. The van der Waals surface area contributed by atoms with Gasteiger partial charge in [0.1, 0.15) is 30.8 Å². The Hall–Kier alpha value is -4.71. The summed E-state index contributed by atoms with van der Waals surface area (Å²) in [5.74, 6) is -0.396. The quantitative estimate of drug-likeness (QED) is 0.0710. The summed E-state index contributed by atoms with van der Waals surface area (Å²) in [6.45, 7) is 8.93. The molecule has 0 spiro atoms. The molecule has 1 saturated carbocycles. The van der Waals surface area contributed by atoms with E-state index >= 15 is 0 Å². The number of hydrogen-bond acceptors (Lipinski definition) is 10. The molecule has 2 heterocycles. The van der Waals surface area contributed by atoms with E-state index in [9.17, 15) is 15.0 Å². The third-order valence-electron chi connectivity index (χ3n) is 11.2. The lowest BCUT2D eigenvalue weighted by Gasteiger charge is -2.59. The van der Waals surface area contributed by atoms with Gasteiger partial charge in [0, 0.05) is 43.9 Å². The van der Waals surface area contributed by atoms with Crippen molar-refractivity contribution in [1.82, 2.24) is 9.88 Å². The third-order valence-corrected chi connectivity index (χ3v) is 11.2. The van der Waals surface area contributed by atoms with Gasteiger partial charge in [-0.3, -0.25) is 4.98 Å². The monoisotopic (exact) mass is 767 g/mol. The van der Waals surface area contributed by atoms with E-state index in [1.165, 1.54) is 0 Å². The molecule has 11 nitrogen and oxygen atoms in total. The number of fused-ring (bicyclic) bond motifs is 2. The highest BCUT2D eigenvalue weighted by Crippen LogP contribution is 2.61. The summed E-state index contributed by atoms with van der Waals surface area (Å²) in [5, 5.41) is 24.6. The molecular formula is C45H57N3O8. The van der Waals surface area contributed by atoms with Crippen LogP contribution in [0.2, 0.25) is 0 Å². The van der Waals surface area contributed by atoms with Gasteiger partial charge in [-0.15, -0.1) is 6.58 Å². The molecule has 3 aliphatic rings. The minimum atomic E-state index is -1.35. The maximum atomic E-state index is 13.6. The van der Waals surface area contributed by atoms with Crippen molar-refractivity contribution in [1.29, 1.82) is 0 Å². The van der Waals surface area contributed by atoms with E-state index in [2.05, 4.69) is 23.7 Å². The molecule has 0 radical (unpaired) electrons. The van der Waals surface area contributed by atoms with Gasteiger partial charge in [-0.25, -0.2) is 4.79 Å². The molecule has 1 aliphatic heterocycles. The average molecular weight is 768 g/mol. The van der Waals surface area contributed by atoms with Crippen molar-refractivity contribution >= 4 is 11.8 Å². The number of aliphatic hydroxyl groups excluding tert-OH is 2. The zero-order valence-corrected chi connectivity index (χ0v) is 33.0. The number of amides is 1. The summed E-state index contributed by atoms with van der Waals surface area (Å²) in [6.07, 6.45) is 8.56. The van der Waals surface area contributed by atoms with Crippen molar-refractivity contribution in [2.24, 2.45) is 22.9 Å². The fourth-order valence-electron chi connectivity index (χ4n) is 8.77. The van der Waals surface area contributed by atoms with Gasteiger partial charge in [0.15, 0.2) is 0 Å². The molecule has 56 heavy (non-hydrogen) atoms. The lowest BCUT2D eigenvalue weighted by molar-refractivity contribution is -0.253. The van der Waals surface area contributed by atoms with E-state index in [1.54, 1.807) is 24.9 Å². The topological polar surface area (TPSA) is 132 Å². The largest absolute Gasteiger partial charge is 0.487 e. The number of carbonyl (C=O) groups excluding carboxylic acids is 1. The fourth-order valence-corrected chi connectivity index (χ4v) is 8.77. The van der Waals surface area contributed by atoms with E-state index < -0.39 is 23.8 Å². The van der Waals surface area contributed by atoms with Gasteiger partial charge in [-0.2, -0.15) is 0 Å². The van der Waals surface area contributed by atoms with Gasteiger partial charge in [-0.1, -0.05) is 66.5 Å². The minimum absolute atomic E-state index is 0.0928.